The first kappa shape index (κ1) is 34.1. The molecule has 7 rings (SSSR count). The molecule has 2 bridgehead atoms. The molecule has 2 atom stereocenters. The van der Waals surface area contributed by atoms with Gasteiger partial charge in [-0.15, -0.1) is 0 Å². The predicted molar refractivity (Wildman–Crippen MR) is 181 cm³/mol. The molecule has 3 aromatic carbocycles. The molecule has 4 aliphatic heterocycles. The van der Waals surface area contributed by atoms with Crippen molar-refractivity contribution in [3.8, 4) is 5.75 Å². The van der Waals surface area contributed by atoms with Crippen LogP contribution in [0.25, 0.3) is 0 Å². The van der Waals surface area contributed by atoms with Crippen LogP contribution in [0.1, 0.15) is 48.8 Å². The molecule has 256 valence electrons. The van der Waals surface area contributed by atoms with E-state index >= 15 is 0 Å². The van der Waals surface area contributed by atoms with Gasteiger partial charge in [-0.1, -0.05) is 54.6 Å². The lowest BCUT2D eigenvalue weighted by Crippen LogP contribution is -2.52. The summed E-state index contributed by atoms with van der Waals surface area (Å²) in [6.45, 7) is 7.09. The molecule has 0 spiro atoms. The number of piperidine rings is 3. The third-order valence-electron chi connectivity index (χ3n) is 9.67. The SMILES string of the molecule is CCOC(=O)CN1CCN(S(=O)(=O)c2ccc(COc3cccc([C@@H](CC(=O)O[C@H]4CN5CCC4CC5)c4ccccc4)c3)cc2)CC1. The van der Waals surface area contributed by atoms with E-state index in [1.807, 2.05) is 59.5 Å². The number of hydrogen-bond donors (Lipinski definition) is 0. The van der Waals surface area contributed by atoms with Gasteiger partial charge in [-0.25, -0.2) is 8.42 Å². The molecule has 0 amide bonds. The van der Waals surface area contributed by atoms with Crippen molar-refractivity contribution in [2.75, 3.05) is 59.0 Å². The molecule has 4 saturated heterocycles. The average molecular weight is 676 g/mol. The van der Waals surface area contributed by atoms with Gasteiger partial charge in [0.15, 0.2) is 0 Å². The average Bonchev–Trinajstić information content (AvgIpc) is 3.11. The van der Waals surface area contributed by atoms with Gasteiger partial charge >= 0.3 is 11.9 Å². The van der Waals surface area contributed by atoms with E-state index in [2.05, 4.69) is 4.90 Å². The maximum absolute atomic E-state index is 13.3. The summed E-state index contributed by atoms with van der Waals surface area (Å²) in [7, 11) is -3.66. The Hall–Kier alpha value is -3.77. The molecule has 11 heteroatoms. The smallest absolute Gasteiger partial charge is 0.320 e. The predicted octanol–water partition coefficient (Wildman–Crippen LogP) is 4.29. The molecule has 3 aromatic rings. The van der Waals surface area contributed by atoms with Crippen LogP contribution >= 0.6 is 0 Å². The molecular formula is C37H45N3O7S. The Morgan fingerprint density at radius 3 is 2.21 bits per heavy atom. The minimum absolute atomic E-state index is 0.0273. The molecule has 0 aromatic heterocycles. The fraction of sp³-hybridized carbons (Fsp3) is 0.459. The van der Waals surface area contributed by atoms with Crippen molar-refractivity contribution in [1.82, 2.24) is 14.1 Å². The highest BCUT2D eigenvalue weighted by Gasteiger charge is 2.37. The van der Waals surface area contributed by atoms with Crippen molar-refractivity contribution in [3.63, 3.8) is 0 Å². The van der Waals surface area contributed by atoms with Gasteiger partial charge in [0.2, 0.25) is 10.0 Å². The number of piperazine rings is 1. The van der Waals surface area contributed by atoms with Crippen LogP contribution in [-0.4, -0.2) is 99.5 Å². The zero-order valence-electron chi connectivity index (χ0n) is 27.5. The van der Waals surface area contributed by atoms with Crippen molar-refractivity contribution >= 4 is 22.0 Å². The molecule has 0 unspecified atom stereocenters. The summed E-state index contributed by atoms with van der Waals surface area (Å²) in [5, 5.41) is 0. The second-order valence-electron chi connectivity index (χ2n) is 12.8. The van der Waals surface area contributed by atoms with Gasteiger partial charge in [0.25, 0.3) is 0 Å². The molecule has 0 aliphatic carbocycles. The molecular weight excluding hydrogens is 630 g/mol. The van der Waals surface area contributed by atoms with Gasteiger partial charge in [-0.2, -0.15) is 4.31 Å². The number of carbonyl (C=O) groups excluding carboxylic acids is 2. The van der Waals surface area contributed by atoms with Gasteiger partial charge in [-0.3, -0.25) is 19.4 Å². The normalized spacial score (nSPS) is 22.1. The van der Waals surface area contributed by atoms with Gasteiger partial charge in [-0.05, 0) is 79.7 Å². The topological polar surface area (TPSA) is 106 Å². The number of sulfonamides is 1. The quantitative estimate of drug-likeness (QED) is 0.246. The van der Waals surface area contributed by atoms with Crippen LogP contribution in [0.4, 0.5) is 0 Å². The summed E-state index contributed by atoms with van der Waals surface area (Å²) < 4.78 is 45.3. The van der Waals surface area contributed by atoms with Crippen LogP contribution in [0.15, 0.2) is 83.8 Å². The third kappa shape index (κ3) is 8.44. The summed E-state index contributed by atoms with van der Waals surface area (Å²) in [6.07, 6.45) is 2.40. The van der Waals surface area contributed by atoms with Gasteiger partial charge in [0.05, 0.1) is 24.5 Å². The molecule has 4 aliphatic rings. The zero-order chi connectivity index (χ0) is 33.5. The highest BCUT2D eigenvalue weighted by atomic mass is 32.2. The number of ether oxygens (including phenoxy) is 3. The highest BCUT2D eigenvalue weighted by molar-refractivity contribution is 7.89. The maximum Gasteiger partial charge on any atom is 0.320 e. The Kier molecular flexibility index (Phi) is 11.1. The van der Waals surface area contributed by atoms with Crippen LogP contribution in [0.5, 0.6) is 5.75 Å². The number of benzene rings is 3. The summed E-state index contributed by atoms with van der Waals surface area (Å²) >= 11 is 0. The minimum Gasteiger partial charge on any atom is -0.489 e. The lowest BCUT2D eigenvalue weighted by molar-refractivity contribution is -0.159. The van der Waals surface area contributed by atoms with Crippen molar-refractivity contribution < 1.29 is 32.2 Å². The lowest BCUT2D eigenvalue weighted by atomic mass is 9.85. The summed E-state index contributed by atoms with van der Waals surface area (Å²) in [5.74, 6) is 0.465. The third-order valence-corrected chi connectivity index (χ3v) is 11.6. The summed E-state index contributed by atoms with van der Waals surface area (Å²) in [5.41, 5.74) is 2.84. The number of hydrogen-bond acceptors (Lipinski definition) is 9. The fourth-order valence-electron chi connectivity index (χ4n) is 6.95. The first-order chi connectivity index (χ1) is 23.3. The molecule has 0 radical (unpaired) electrons. The van der Waals surface area contributed by atoms with Gasteiger partial charge in [0.1, 0.15) is 18.5 Å². The molecule has 0 saturated carbocycles. The number of fused-ring (bicyclic) bond motifs is 3. The highest BCUT2D eigenvalue weighted by Crippen LogP contribution is 2.33. The molecule has 0 N–H and O–H groups in total. The van der Waals surface area contributed by atoms with E-state index in [4.69, 9.17) is 14.2 Å². The first-order valence-electron chi connectivity index (χ1n) is 16.9. The number of nitrogens with zero attached hydrogens (tertiary/aromatic N) is 3. The van der Waals surface area contributed by atoms with Crippen LogP contribution in [-0.2, 0) is 35.7 Å². The van der Waals surface area contributed by atoms with E-state index in [-0.39, 0.29) is 48.4 Å². The minimum atomic E-state index is -3.66. The number of rotatable bonds is 13. The van der Waals surface area contributed by atoms with Gasteiger partial charge in [0, 0.05) is 38.6 Å². The van der Waals surface area contributed by atoms with Crippen molar-refractivity contribution in [2.45, 2.75) is 49.7 Å². The Labute approximate surface area is 283 Å². The van der Waals surface area contributed by atoms with E-state index in [1.54, 1.807) is 31.2 Å². The van der Waals surface area contributed by atoms with E-state index in [0.29, 0.717) is 44.5 Å². The molecule has 48 heavy (non-hydrogen) atoms. The standard InChI is InChI=1S/C37H45N3O7S/c1-2-45-37(42)26-39-19-21-40(22-20-39)48(43,44)33-13-11-28(12-14-33)27-46-32-10-6-9-31(23-32)34(29-7-4-3-5-8-29)24-36(41)47-35-25-38-17-15-30(35)16-18-38/h3-14,23,30,34-35H,2,15-22,24-27H2,1H3/t34-,35-/m0/s1. The van der Waals surface area contributed by atoms with Crippen LogP contribution in [0.2, 0.25) is 0 Å². The van der Waals surface area contributed by atoms with E-state index in [9.17, 15) is 18.0 Å². The summed E-state index contributed by atoms with van der Waals surface area (Å²) in [6, 6.07) is 24.6. The Bertz CT molecular complexity index is 1630. The second kappa shape index (κ2) is 15.6. The fourth-order valence-corrected chi connectivity index (χ4v) is 8.38. The first-order valence-corrected chi connectivity index (χ1v) is 18.4. The zero-order valence-corrected chi connectivity index (χ0v) is 28.4. The monoisotopic (exact) mass is 675 g/mol. The molecule has 4 fully saturated rings. The molecule has 4 heterocycles. The maximum atomic E-state index is 13.3. The Morgan fingerprint density at radius 2 is 1.54 bits per heavy atom. The van der Waals surface area contributed by atoms with E-state index < -0.39 is 10.0 Å². The number of carbonyl (C=O) groups is 2. The second-order valence-corrected chi connectivity index (χ2v) is 14.8. The Balaban J connectivity index is 1.06. The lowest BCUT2D eigenvalue weighted by Gasteiger charge is -2.44. The van der Waals surface area contributed by atoms with Crippen molar-refractivity contribution in [3.05, 3.63) is 95.6 Å². The van der Waals surface area contributed by atoms with Crippen molar-refractivity contribution in [2.24, 2.45) is 5.92 Å². The van der Waals surface area contributed by atoms with Crippen LogP contribution in [0.3, 0.4) is 0 Å². The molecule has 10 nitrogen and oxygen atoms in total. The van der Waals surface area contributed by atoms with Crippen LogP contribution < -0.4 is 4.74 Å². The number of esters is 2. The Morgan fingerprint density at radius 1 is 0.833 bits per heavy atom. The van der Waals surface area contributed by atoms with Crippen molar-refractivity contribution in [1.29, 1.82) is 0 Å². The largest absolute Gasteiger partial charge is 0.489 e. The van der Waals surface area contributed by atoms with E-state index in [1.165, 1.54) is 4.31 Å². The summed E-state index contributed by atoms with van der Waals surface area (Å²) in [4.78, 5) is 29.6. The van der Waals surface area contributed by atoms with E-state index in [0.717, 1.165) is 49.2 Å². The van der Waals surface area contributed by atoms with Gasteiger partial charge < -0.3 is 14.2 Å². The van der Waals surface area contributed by atoms with Crippen LogP contribution in [0, 0.1) is 5.92 Å².